The van der Waals surface area contributed by atoms with Crippen molar-refractivity contribution in [1.82, 2.24) is 10.2 Å². The number of H-pyrrole nitrogens is 1. The molecule has 0 aliphatic carbocycles. The fourth-order valence-corrected chi connectivity index (χ4v) is 1.98. The van der Waals surface area contributed by atoms with Gasteiger partial charge < -0.3 is 0 Å². The summed E-state index contributed by atoms with van der Waals surface area (Å²) in [6.45, 7) is 3.59. The Balaban J connectivity index is 2.70. The van der Waals surface area contributed by atoms with E-state index in [-0.39, 0.29) is 10.6 Å². The lowest BCUT2D eigenvalue weighted by atomic mass is 10.0. The van der Waals surface area contributed by atoms with Gasteiger partial charge in [-0.1, -0.05) is 11.6 Å². The number of nitrogens with one attached hydrogen (secondary N) is 1. The Morgan fingerprint density at radius 2 is 2.12 bits per heavy atom. The molecule has 17 heavy (non-hydrogen) atoms. The van der Waals surface area contributed by atoms with E-state index in [1.807, 2.05) is 6.07 Å². The third-order valence-electron chi connectivity index (χ3n) is 2.57. The number of hydrogen-bond acceptors (Lipinski definition) is 2. The lowest BCUT2D eigenvalue weighted by Gasteiger charge is -2.05. The van der Waals surface area contributed by atoms with Crippen LogP contribution in [0.25, 0.3) is 11.1 Å². The highest BCUT2D eigenvalue weighted by atomic mass is 35.5. The second-order valence-corrected chi connectivity index (χ2v) is 4.14. The largest absolute Gasteiger partial charge is 0.282 e. The summed E-state index contributed by atoms with van der Waals surface area (Å²) < 4.78 is 13.9. The molecule has 0 unspecified atom stereocenters. The minimum Gasteiger partial charge on any atom is -0.282 e. The van der Waals surface area contributed by atoms with Gasteiger partial charge in [0.15, 0.2) is 0 Å². The molecule has 5 heteroatoms. The van der Waals surface area contributed by atoms with Crippen molar-refractivity contribution in [3.63, 3.8) is 0 Å². The number of nitriles is 1. The monoisotopic (exact) mass is 249 g/mol. The quantitative estimate of drug-likeness (QED) is 0.843. The fourth-order valence-electron chi connectivity index (χ4n) is 1.77. The number of aromatic amines is 1. The second-order valence-electron chi connectivity index (χ2n) is 3.73. The van der Waals surface area contributed by atoms with Gasteiger partial charge in [0.05, 0.1) is 16.3 Å². The molecule has 0 spiro atoms. The van der Waals surface area contributed by atoms with Crippen LogP contribution in [0.5, 0.6) is 0 Å². The first-order valence-corrected chi connectivity index (χ1v) is 5.33. The first-order valence-electron chi connectivity index (χ1n) is 4.95. The molecule has 0 bridgehead atoms. The van der Waals surface area contributed by atoms with Crippen molar-refractivity contribution < 1.29 is 4.39 Å². The maximum atomic E-state index is 13.9. The molecule has 0 aliphatic heterocycles. The minimum atomic E-state index is -0.474. The molecule has 0 amide bonds. The molecule has 0 saturated carbocycles. The zero-order chi connectivity index (χ0) is 12.6. The molecule has 0 fully saturated rings. The summed E-state index contributed by atoms with van der Waals surface area (Å²) in [5, 5.41) is 15.8. The molecule has 0 radical (unpaired) electrons. The third kappa shape index (κ3) is 1.90. The number of nitrogens with zero attached hydrogens (tertiary/aromatic N) is 2. The first-order chi connectivity index (χ1) is 8.04. The van der Waals surface area contributed by atoms with Crippen molar-refractivity contribution in [2.45, 2.75) is 13.8 Å². The normalized spacial score (nSPS) is 10.3. The van der Waals surface area contributed by atoms with Gasteiger partial charge in [-0.2, -0.15) is 10.4 Å². The second kappa shape index (κ2) is 4.19. The number of aromatic nitrogens is 2. The molecular formula is C12H9ClFN3. The minimum absolute atomic E-state index is 0.131. The molecule has 0 aliphatic rings. The van der Waals surface area contributed by atoms with Crippen LogP contribution in [0, 0.1) is 31.0 Å². The molecule has 1 aromatic carbocycles. The van der Waals surface area contributed by atoms with Gasteiger partial charge in [-0.25, -0.2) is 4.39 Å². The zero-order valence-corrected chi connectivity index (χ0v) is 10.1. The van der Waals surface area contributed by atoms with Crippen LogP contribution in [0.2, 0.25) is 5.02 Å². The van der Waals surface area contributed by atoms with Crippen LogP contribution in [-0.4, -0.2) is 10.2 Å². The Kier molecular flexibility index (Phi) is 2.86. The summed E-state index contributed by atoms with van der Waals surface area (Å²) in [5.41, 5.74) is 2.64. The topological polar surface area (TPSA) is 52.5 Å². The van der Waals surface area contributed by atoms with Crippen molar-refractivity contribution in [3.8, 4) is 17.2 Å². The summed E-state index contributed by atoms with van der Waals surface area (Å²) >= 11 is 5.90. The van der Waals surface area contributed by atoms with Crippen LogP contribution < -0.4 is 0 Å². The van der Waals surface area contributed by atoms with E-state index in [1.165, 1.54) is 6.07 Å². The summed E-state index contributed by atoms with van der Waals surface area (Å²) in [7, 11) is 0. The first kappa shape index (κ1) is 11.6. The molecule has 1 aromatic heterocycles. The van der Waals surface area contributed by atoms with Gasteiger partial charge in [-0.3, -0.25) is 5.10 Å². The Morgan fingerprint density at radius 1 is 1.41 bits per heavy atom. The maximum absolute atomic E-state index is 13.9. The Labute approximate surface area is 103 Å². The summed E-state index contributed by atoms with van der Waals surface area (Å²) in [6, 6.07) is 4.44. The van der Waals surface area contributed by atoms with Crippen molar-refractivity contribution in [2.24, 2.45) is 0 Å². The Morgan fingerprint density at radius 3 is 2.65 bits per heavy atom. The van der Waals surface area contributed by atoms with E-state index in [2.05, 4.69) is 10.2 Å². The van der Waals surface area contributed by atoms with Crippen LogP contribution in [0.4, 0.5) is 4.39 Å². The Bertz CT molecular complexity index is 606. The molecule has 3 nitrogen and oxygen atoms in total. The SMILES string of the molecule is Cc1n[nH]c(C)c1-c1cc(Cl)c(C#N)cc1F. The number of aryl methyl sites for hydroxylation is 2. The van der Waals surface area contributed by atoms with Crippen LogP contribution in [-0.2, 0) is 0 Å². The Hall–Kier alpha value is -1.86. The molecule has 86 valence electrons. The van der Waals surface area contributed by atoms with E-state index in [1.54, 1.807) is 13.8 Å². The van der Waals surface area contributed by atoms with E-state index in [4.69, 9.17) is 16.9 Å². The lowest BCUT2D eigenvalue weighted by Crippen LogP contribution is -1.90. The maximum Gasteiger partial charge on any atom is 0.132 e. The molecule has 2 aromatic rings. The summed E-state index contributed by atoms with van der Waals surface area (Å²) in [4.78, 5) is 0. The van der Waals surface area contributed by atoms with Crippen LogP contribution >= 0.6 is 11.6 Å². The highest BCUT2D eigenvalue weighted by Gasteiger charge is 2.15. The average Bonchev–Trinajstić information content (AvgIpc) is 2.62. The number of halogens is 2. The number of benzene rings is 1. The highest BCUT2D eigenvalue weighted by Crippen LogP contribution is 2.31. The standard InChI is InChI=1S/C12H9ClFN3/c1-6-12(7(2)17-16-6)9-4-10(13)8(5-15)3-11(9)14/h3-4H,1-2H3,(H,16,17). The summed E-state index contributed by atoms with van der Waals surface area (Å²) in [5.74, 6) is -0.474. The summed E-state index contributed by atoms with van der Waals surface area (Å²) in [6.07, 6.45) is 0. The molecule has 1 N–H and O–H groups in total. The van der Waals surface area contributed by atoms with E-state index in [9.17, 15) is 4.39 Å². The number of rotatable bonds is 1. The van der Waals surface area contributed by atoms with Crippen LogP contribution in [0.15, 0.2) is 12.1 Å². The molecular weight excluding hydrogens is 241 g/mol. The van der Waals surface area contributed by atoms with Gasteiger partial charge >= 0.3 is 0 Å². The third-order valence-corrected chi connectivity index (χ3v) is 2.89. The molecule has 1 heterocycles. The van der Waals surface area contributed by atoms with Gasteiger partial charge in [0, 0.05) is 16.8 Å². The molecule has 0 saturated heterocycles. The highest BCUT2D eigenvalue weighted by molar-refractivity contribution is 6.32. The van der Waals surface area contributed by atoms with Gasteiger partial charge in [-0.15, -0.1) is 0 Å². The van der Waals surface area contributed by atoms with Gasteiger partial charge in [-0.05, 0) is 26.0 Å². The predicted octanol–water partition coefficient (Wildman–Crippen LogP) is 3.36. The predicted molar refractivity (Wildman–Crippen MR) is 63.2 cm³/mol. The lowest BCUT2D eigenvalue weighted by molar-refractivity contribution is 0.630. The average molecular weight is 250 g/mol. The van der Waals surface area contributed by atoms with Crippen molar-refractivity contribution >= 4 is 11.6 Å². The van der Waals surface area contributed by atoms with Gasteiger partial charge in [0.2, 0.25) is 0 Å². The van der Waals surface area contributed by atoms with Crippen LogP contribution in [0.1, 0.15) is 17.0 Å². The fraction of sp³-hybridized carbons (Fsp3) is 0.167. The van der Waals surface area contributed by atoms with Crippen LogP contribution in [0.3, 0.4) is 0 Å². The molecule has 2 rings (SSSR count). The van der Waals surface area contributed by atoms with Crippen molar-refractivity contribution in [1.29, 1.82) is 5.26 Å². The smallest absolute Gasteiger partial charge is 0.132 e. The van der Waals surface area contributed by atoms with Crippen molar-refractivity contribution in [2.75, 3.05) is 0 Å². The number of hydrogen-bond donors (Lipinski definition) is 1. The zero-order valence-electron chi connectivity index (χ0n) is 9.31. The van der Waals surface area contributed by atoms with E-state index < -0.39 is 5.82 Å². The van der Waals surface area contributed by atoms with E-state index in [0.29, 0.717) is 16.8 Å². The van der Waals surface area contributed by atoms with E-state index >= 15 is 0 Å². The van der Waals surface area contributed by atoms with Crippen molar-refractivity contribution in [3.05, 3.63) is 39.9 Å². The molecule has 0 atom stereocenters. The van der Waals surface area contributed by atoms with Gasteiger partial charge in [0.1, 0.15) is 11.9 Å². The van der Waals surface area contributed by atoms with E-state index in [0.717, 1.165) is 11.8 Å². The van der Waals surface area contributed by atoms with Gasteiger partial charge in [0.25, 0.3) is 0 Å².